The van der Waals surface area contributed by atoms with E-state index >= 15 is 0 Å². The first-order valence-corrected chi connectivity index (χ1v) is 9.58. The number of ether oxygens (including phenoxy) is 2. The van der Waals surface area contributed by atoms with Gasteiger partial charge in [0.25, 0.3) is 11.8 Å². The highest BCUT2D eigenvalue weighted by atomic mass is 32.1. The molecule has 1 aliphatic heterocycles. The Morgan fingerprint density at radius 3 is 2.48 bits per heavy atom. The monoisotopic (exact) mass is 386 g/mol. The maximum Gasteiger partial charge on any atom is 0.270 e. The van der Waals surface area contributed by atoms with Crippen molar-refractivity contribution in [3.05, 3.63) is 51.8 Å². The van der Waals surface area contributed by atoms with Crippen molar-refractivity contribution < 1.29 is 19.1 Å². The van der Waals surface area contributed by atoms with Crippen LogP contribution < -0.4 is 14.8 Å². The zero-order valence-corrected chi connectivity index (χ0v) is 16.2. The summed E-state index contributed by atoms with van der Waals surface area (Å²) >= 11 is 1.51. The van der Waals surface area contributed by atoms with Gasteiger partial charge >= 0.3 is 0 Å². The number of thiophene rings is 1. The molecule has 0 radical (unpaired) electrons. The number of likely N-dealkylation sites (tertiary alicyclic amines) is 1. The van der Waals surface area contributed by atoms with Gasteiger partial charge in [-0.15, -0.1) is 11.3 Å². The van der Waals surface area contributed by atoms with E-state index in [9.17, 15) is 9.59 Å². The van der Waals surface area contributed by atoms with Gasteiger partial charge in [-0.1, -0.05) is 6.07 Å². The quantitative estimate of drug-likeness (QED) is 0.775. The highest BCUT2D eigenvalue weighted by molar-refractivity contribution is 7.10. The molecule has 0 spiro atoms. The normalized spacial score (nSPS) is 14.1. The zero-order valence-electron chi connectivity index (χ0n) is 15.4. The van der Waals surface area contributed by atoms with Crippen LogP contribution in [-0.2, 0) is 4.79 Å². The second kappa shape index (κ2) is 8.73. The van der Waals surface area contributed by atoms with Gasteiger partial charge in [0.05, 0.1) is 14.2 Å². The molecule has 1 aromatic heterocycles. The maximum absolute atomic E-state index is 12.9. The van der Waals surface area contributed by atoms with E-state index < -0.39 is 0 Å². The summed E-state index contributed by atoms with van der Waals surface area (Å²) in [6.07, 6.45) is 3.70. The Labute approximate surface area is 162 Å². The molecule has 6 nitrogen and oxygen atoms in total. The van der Waals surface area contributed by atoms with Crippen molar-refractivity contribution in [1.82, 2.24) is 10.2 Å². The molecule has 1 N–H and O–H groups in total. The van der Waals surface area contributed by atoms with Crippen molar-refractivity contribution in [2.45, 2.75) is 12.8 Å². The zero-order chi connectivity index (χ0) is 19.2. The molecule has 1 aromatic carbocycles. The molecule has 1 aliphatic rings. The van der Waals surface area contributed by atoms with E-state index in [0.29, 0.717) is 30.2 Å². The number of carbonyl (C=O) groups is 2. The third-order valence-corrected chi connectivity index (χ3v) is 5.17. The van der Waals surface area contributed by atoms with E-state index in [-0.39, 0.29) is 17.5 Å². The number of nitrogens with zero attached hydrogens (tertiary/aromatic N) is 1. The van der Waals surface area contributed by atoms with Crippen molar-refractivity contribution in [1.29, 1.82) is 0 Å². The van der Waals surface area contributed by atoms with E-state index in [4.69, 9.17) is 9.47 Å². The van der Waals surface area contributed by atoms with Gasteiger partial charge in [-0.2, -0.15) is 0 Å². The number of rotatable bonds is 6. The molecule has 7 heteroatoms. The number of nitrogens with one attached hydrogen (secondary N) is 1. The molecule has 0 unspecified atom stereocenters. The standard InChI is InChI=1S/C20H22N2O4S/c1-25-17-8-7-14(12-18(17)26-2)19(23)21-16(13-15-6-5-11-27-15)20(24)22-9-3-4-10-22/h5-8,11-13H,3-4,9-10H2,1-2H3,(H,21,23). The fraction of sp³-hybridized carbons (Fsp3) is 0.300. The Hall–Kier alpha value is -2.80. The van der Waals surface area contributed by atoms with Crippen molar-refractivity contribution in [2.75, 3.05) is 27.3 Å². The average molecular weight is 386 g/mol. The Kier molecular flexibility index (Phi) is 6.13. The summed E-state index contributed by atoms with van der Waals surface area (Å²) < 4.78 is 10.5. The second-order valence-corrected chi connectivity index (χ2v) is 7.08. The van der Waals surface area contributed by atoms with Crippen LogP contribution in [0.1, 0.15) is 28.1 Å². The molecule has 2 aromatic rings. The number of hydrogen-bond donors (Lipinski definition) is 1. The lowest BCUT2D eigenvalue weighted by Crippen LogP contribution is -2.36. The summed E-state index contributed by atoms with van der Waals surface area (Å²) in [6, 6.07) is 8.71. The number of hydrogen-bond acceptors (Lipinski definition) is 5. The number of amides is 2. The number of carbonyl (C=O) groups excluding carboxylic acids is 2. The smallest absolute Gasteiger partial charge is 0.270 e. The number of methoxy groups -OCH3 is 2. The average Bonchev–Trinajstić information content (AvgIpc) is 3.40. The van der Waals surface area contributed by atoms with Gasteiger partial charge in [0.1, 0.15) is 5.70 Å². The SMILES string of the molecule is COc1ccc(C(=O)NC(=Cc2cccs2)C(=O)N2CCCC2)cc1OC. The molecule has 2 amide bonds. The van der Waals surface area contributed by atoms with Crippen molar-refractivity contribution in [2.24, 2.45) is 0 Å². The van der Waals surface area contributed by atoms with E-state index in [1.807, 2.05) is 17.5 Å². The van der Waals surface area contributed by atoms with Crippen LogP contribution in [0.2, 0.25) is 0 Å². The minimum atomic E-state index is -0.369. The minimum Gasteiger partial charge on any atom is -0.493 e. The molecule has 1 saturated heterocycles. The van der Waals surface area contributed by atoms with Crippen molar-refractivity contribution in [3.63, 3.8) is 0 Å². The van der Waals surface area contributed by atoms with Gasteiger partial charge in [-0.3, -0.25) is 9.59 Å². The molecule has 0 saturated carbocycles. The molecule has 0 bridgehead atoms. The van der Waals surface area contributed by atoms with E-state index in [1.165, 1.54) is 25.6 Å². The second-order valence-electron chi connectivity index (χ2n) is 6.10. The van der Waals surface area contributed by atoms with Gasteiger partial charge in [0.15, 0.2) is 11.5 Å². The summed E-state index contributed by atoms with van der Waals surface area (Å²) in [5, 5.41) is 4.71. The first-order chi connectivity index (χ1) is 13.1. The summed E-state index contributed by atoms with van der Waals surface area (Å²) in [5.41, 5.74) is 0.665. The van der Waals surface area contributed by atoms with Crippen LogP contribution in [0.5, 0.6) is 11.5 Å². The molecule has 27 heavy (non-hydrogen) atoms. The highest BCUT2D eigenvalue weighted by Crippen LogP contribution is 2.27. The lowest BCUT2D eigenvalue weighted by molar-refractivity contribution is -0.126. The highest BCUT2D eigenvalue weighted by Gasteiger charge is 2.23. The maximum atomic E-state index is 12.9. The fourth-order valence-electron chi connectivity index (χ4n) is 2.93. The Morgan fingerprint density at radius 1 is 1.11 bits per heavy atom. The van der Waals surface area contributed by atoms with Crippen LogP contribution in [0.25, 0.3) is 6.08 Å². The fourth-order valence-corrected chi connectivity index (χ4v) is 3.59. The van der Waals surface area contributed by atoms with Crippen LogP contribution in [0.3, 0.4) is 0 Å². The predicted molar refractivity (Wildman–Crippen MR) is 105 cm³/mol. The largest absolute Gasteiger partial charge is 0.493 e. The van der Waals surface area contributed by atoms with E-state index in [1.54, 1.807) is 29.2 Å². The van der Waals surface area contributed by atoms with Crippen LogP contribution >= 0.6 is 11.3 Å². The van der Waals surface area contributed by atoms with Gasteiger partial charge < -0.3 is 19.7 Å². The van der Waals surface area contributed by atoms with E-state index in [2.05, 4.69) is 5.32 Å². The Balaban J connectivity index is 1.85. The molecule has 2 heterocycles. The first-order valence-electron chi connectivity index (χ1n) is 8.70. The van der Waals surface area contributed by atoms with Gasteiger partial charge in [0, 0.05) is 23.5 Å². The lowest BCUT2D eigenvalue weighted by atomic mass is 10.1. The molecule has 1 fully saturated rings. The molecule has 142 valence electrons. The Bertz CT molecular complexity index is 840. The minimum absolute atomic E-state index is 0.158. The van der Waals surface area contributed by atoms with Crippen molar-refractivity contribution in [3.8, 4) is 11.5 Å². The molecular formula is C20H22N2O4S. The summed E-state index contributed by atoms with van der Waals surface area (Å²) in [7, 11) is 3.05. The predicted octanol–water partition coefficient (Wildman–Crippen LogP) is 3.16. The van der Waals surface area contributed by atoms with Crippen LogP contribution in [0.15, 0.2) is 41.4 Å². The van der Waals surface area contributed by atoms with Gasteiger partial charge in [0.2, 0.25) is 0 Å². The summed E-state index contributed by atoms with van der Waals surface area (Å²) in [5.74, 6) is 0.470. The third-order valence-electron chi connectivity index (χ3n) is 4.35. The molecule has 0 aliphatic carbocycles. The molecular weight excluding hydrogens is 364 g/mol. The van der Waals surface area contributed by atoms with E-state index in [0.717, 1.165) is 17.7 Å². The molecule has 3 rings (SSSR count). The van der Waals surface area contributed by atoms with Crippen LogP contribution in [0, 0.1) is 0 Å². The number of benzene rings is 1. The summed E-state index contributed by atoms with van der Waals surface area (Å²) in [4.78, 5) is 28.3. The van der Waals surface area contributed by atoms with Gasteiger partial charge in [-0.25, -0.2) is 0 Å². The van der Waals surface area contributed by atoms with Crippen LogP contribution in [-0.4, -0.2) is 44.0 Å². The Morgan fingerprint density at radius 2 is 1.85 bits per heavy atom. The third kappa shape index (κ3) is 4.49. The first kappa shape index (κ1) is 19.0. The van der Waals surface area contributed by atoms with Gasteiger partial charge in [-0.05, 0) is 48.6 Å². The topological polar surface area (TPSA) is 67.9 Å². The molecule has 0 atom stereocenters. The van der Waals surface area contributed by atoms with Crippen LogP contribution in [0.4, 0.5) is 0 Å². The lowest BCUT2D eigenvalue weighted by Gasteiger charge is -2.18. The summed E-state index contributed by atoms with van der Waals surface area (Å²) in [6.45, 7) is 1.43. The van der Waals surface area contributed by atoms with Crippen molar-refractivity contribution >= 4 is 29.2 Å².